The van der Waals surface area contributed by atoms with Crippen molar-refractivity contribution in [1.29, 1.82) is 0 Å². The van der Waals surface area contributed by atoms with E-state index >= 15 is 0 Å². The van der Waals surface area contributed by atoms with E-state index < -0.39 is 17.7 Å². The number of hydrogen-bond donors (Lipinski definition) is 1. The number of amides is 1. The number of carbonyl (C=O) groups excluding carboxylic acids is 2. The molecule has 2 aliphatic heterocycles. The van der Waals surface area contributed by atoms with E-state index in [-0.39, 0.29) is 17.4 Å². The summed E-state index contributed by atoms with van der Waals surface area (Å²) in [5, 5.41) is 13.4. The number of benzene rings is 3. The summed E-state index contributed by atoms with van der Waals surface area (Å²) < 4.78 is 5.78. The van der Waals surface area contributed by atoms with Crippen LogP contribution in [0.2, 0.25) is 0 Å². The quantitative estimate of drug-likeness (QED) is 0.355. The summed E-state index contributed by atoms with van der Waals surface area (Å²) in [6.45, 7) is 2.97. The van der Waals surface area contributed by atoms with Gasteiger partial charge >= 0.3 is 0 Å². The first-order valence-electron chi connectivity index (χ1n) is 11.6. The van der Waals surface area contributed by atoms with E-state index in [1.165, 1.54) is 0 Å². The molecule has 0 aromatic heterocycles. The zero-order valence-corrected chi connectivity index (χ0v) is 19.6. The van der Waals surface area contributed by atoms with Crippen molar-refractivity contribution in [2.24, 2.45) is 0 Å². The van der Waals surface area contributed by atoms with Gasteiger partial charge in [-0.25, -0.2) is 0 Å². The number of carbonyl (C=O) groups is 2. The van der Waals surface area contributed by atoms with Crippen molar-refractivity contribution in [1.82, 2.24) is 9.80 Å². The molecule has 0 radical (unpaired) electrons. The molecule has 3 aromatic rings. The number of ether oxygens (including phenoxy) is 1. The summed E-state index contributed by atoms with van der Waals surface area (Å²) in [5.41, 5.74) is 2.47. The Hall–Kier alpha value is -3.64. The smallest absolute Gasteiger partial charge is 0.295 e. The maximum atomic E-state index is 13.3. The fraction of sp³-hybridized carbons (Fsp3) is 0.286. The van der Waals surface area contributed by atoms with Crippen LogP contribution in [0.25, 0.3) is 16.5 Å². The SMILES string of the molecule is CC1Cc2cc(/C(O)=C3/C(=O)C(=O)N(CCN(C)C)C3c3cccc4ccccc34)ccc2O1. The number of rotatable bonds is 5. The van der Waals surface area contributed by atoms with Gasteiger partial charge in [-0.1, -0.05) is 42.5 Å². The van der Waals surface area contributed by atoms with Crippen LogP contribution >= 0.6 is 0 Å². The van der Waals surface area contributed by atoms with Gasteiger partial charge in [-0.3, -0.25) is 9.59 Å². The van der Waals surface area contributed by atoms with Crippen molar-refractivity contribution in [3.05, 3.63) is 82.9 Å². The predicted octanol–water partition coefficient (Wildman–Crippen LogP) is 4.15. The fourth-order valence-corrected chi connectivity index (χ4v) is 4.96. The van der Waals surface area contributed by atoms with E-state index in [9.17, 15) is 14.7 Å². The van der Waals surface area contributed by atoms with Crippen LogP contribution in [0.1, 0.15) is 29.7 Å². The molecule has 6 heteroatoms. The average Bonchev–Trinajstić information content (AvgIpc) is 3.32. The Kier molecular flexibility index (Phi) is 5.62. The summed E-state index contributed by atoms with van der Waals surface area (Å²) in [5.74, 6) is -0.592. The summed E-state index contributed by atoms with van der Waals surface area (Å²) >= 11 is 0. The number of aliphatic hydroxyl groups excluding tert-OH is 1. The highest BCUT2D eigenvalue weighted by Crippen LogP contribution is 2.42. The normalized spacial score (nSPS) is 21.4. The van der Waals surface area contributed by atoms with Gasteiger partial charge in [-0.2, -0.15) is 0 Å². The van der Waals surface area contributed by atoms with Crippen LogP contribution in [0.15, 0.2) is 66.2 Å². The minimum atomic E-state index is -0.672. The Morgan fingerprint density at radius 3 is 2.65 bits per heavy atom. The van der Waals surface area contributed by atoms with Crippen LogP contribution in [0.4, 0.5) is 0 Å². The molecular weight excluding hydrogens is 428 g/mol. The number of likely N-dealkylation sites (tertiary alicyclic amines) is 1. The molecule has 1 fully saturated rings. The number of nitrogens with zero attached hydrogens (tertiary/aromatic N) is 2. The van der Waals surface area contributed by atoms with Crippen LogP contribution < -0.4 is 4.74 Å². The van der Waals surface area contributed by atoms with Crippen LogP contribution in [-0.4, -0.2) is 59.9 Å². The maximum absolute atomic E-state index is 13.3. The molecule has 2 heterocycles. The van der Waals surface area contributed by atoms with E-state index in [1.807, 2.05) is 80.5 Å². The molecule has 2 aliphatic rings. The minimum absolute atomic E-state index is 0.0692. The van der Waals surface area contributed by atoms with Gasteiger partial charge in [0.05, 0.1) is 11.6 Å². The van der Waals surface area contributed by atoms with E-state index in [0.717, 1.165) is 34.1 Å². The zero-order valence-electron chi connectivity index (χ0n) is 19.6. The molecule has 2 unspecified atom stereocenters. The monoisotopic (exact) mass is 456 g/mol. The number of hydrogen-bond acceptors (Lipinski definition) is 5. The molecule has 34 heavy (non-hydrogen) atoms. The average molecular weight is 457 g/mol. The van der Waals surface area contributed by atoms with Crippen molar-refractivity contribution in [2.45, 2.75) is 25.5 Å². The minimum Gasteiger partial charge on any atom is -0.507 e. The molecule has 6 nitrogen and oxygen atoms in total. The first-order chi connectivity index (χ1) is 16.3. The third-order valence-electron chi connectivity index (χ3n) is 6.62. The molecule has 5 rings (SSSR count). The first-order valence-corrected chi connectivity index (χ1v) is 11.6. The fourth-order valence-electron chi connectivity index (χ4n) is 4.96. The van der Waals surface area contributed by atoms with E-state index in [4.69, 9.17) is 4.74 Å². The number of likely N-dealkylation sites (N-methyl/N-ethyl adjacent to an activating group) is 1. The van der Waals surface area contributed by atoms with Gasteiger partial charge in [0.25, 0.3) is 11.7 Å². The standard InChI is InChI=1S/C28H28N2O4/c1-17-15-20-16-19(11-12-23(20)34-17)26(31)24-25(30(14-13-29(2)3)28(33)27(24)32)22-10-6-8-18-7-4-5-9-21(18)22/h4-12,16-17,25,31H,13-15H2,1-3H3/b26-24-. The summed E-state index contributed by atoms with van der Waals surface area (Å²) in [7, 11) is 3.86. The van der Waals surface area contributed by atoms with Crippen molar-refractivity contribution in [2.75, 3.05) is 27.2 Å². The van der Waals surface area contributed by atoms with Crippen molar-refractivity contribution in [3.63, 3.8) is 0 Å². The number of aliphatic hydroxyl groups is 1. The highest BCUT2D eigenvalue weighted by molar-refractivity contribution is 6.46. The zero-order chi connectivity index (χ0) is 24.0. The second-order valence-corrected chi connectivity index (χ2v) is 9.32. The molecule has 3 aromatic carbocycles. The molecule has 1 saturated heterocycles. The largest absolute Gasteiger partial charge is 0.507 e. The topological polar surface area (TPSA) is 70.1 Å². The van der Waals surface area contributed by atoms with Crippen molar-refractivity contribution in [3.8, 4) is 5.75 Å². The molecule has 1 N–H and O–H groups in total. The lowest BCUT2D eigenvalue weighted by Crippen LogP contribution is -2.35. The van der Waals surface area contributed by atoms with Crippen LogP contribution in [-0.2, 0) is 16.0 Å². The molecule has 0 aliphatic carbocycles. The maximum Gasteiger partial charge on any atom is 0.295 e. The Morgan fingerprint density at radius 2 is 1.85 bits per heavy atom. The molecule has 0 spiro atoms. The molecule has 0 saturated carbocycles. The Balaban J connectivity index is 1.69. The molecular formula is C28H28N2O4. The second kappa shape index (κ2) is 8.61. The summed E-state index contributed by atoms with van der Waals surface area (Å²) in [6.07, 6.45) is 0.806. The van der Waals surface area contributed by atoms with E-state index in [1.54, 1.807) is 11.0 Å². The Bertz CT molecular complexity index is 1320. The van der Waals surface area contributed by atoms with Gasteiger partial charge in [-0.15, -0.1) is 0 Å². The lowest BCUT2D eigenvalue weighted by Gasteiger charge is -2.27. The number of Topliss-reactive ketones (excluding diaryl/α,β-unsaturated/α-hetero) is 1. The second-order valence-electron chi connectivity index (χ2n) is 9.32. The van der Waals surface area contributed by atoms with Gasteiger partial charge < -0.3 is 19.6 Å². The van der Waals surface area contributed by atoms with Crippen LogP contribution in [0.5, 0.6) is 5.75 Å². The Morgan fingerprint density at radius 1 is 1.09 bits per heavy atom. The lowest BCUT2D eigenvalue weighted by atomic mass is 9.91. The lowest BCUT2D eigenvalue weighted by molar-refractivity contribution is -0.140. The van der Waals surface area contributed by atoms with Gasteiger partial charge in [0.1, 0.15) is 17.6 Å². The predicted molar refractivity (Wildman–Crippen MR) is 132 cm³/mol. The molecule has 2 atom stereocenters. The van der Waals surface area contributed by atoms with Gasteiger partial charge in [0.2, 0.25) is 0 Å². The third kappa shape index (κ3) is 3.74. The number of ketones is 1. The van der Waals surface area contributed by atoms with E-state index in [0.29, 0.717) is 18.7 Å². The van der Waals surface area contributed by atoms with Crippen LogP contribution in [0, 0.1) is 0 Å². The summed E-state index contributed by atoms with van der Waals surface area (Å²) in [6, 6.07) is 18.5. The molecule has 174 valence electrons. The third-order valence-corrected chi connectivity index (χ3v) is 6.62. The van der Waals surface area contributed by atoms with Gasteiger partial charge in [-0.05, 0) is 61.1 Å². The first kappa shape index (κ1) is 22.2. The van der Waals surface area contributed by atoms with Crippen LogP contribution in [0.3, 0.4) is 0 Å². The molecule has 0 bridgehead atoms. The molecule has 1 amide bonds. The van der Waals surface area contributed by atoms with Crippen molar-refractivity contribution >= 4 is 28.2 Å². The van der Waals surface area contributed by atoms with Gasteiger partial charge in [0, 0.05) is 25.1 Å². The number of fused-ring (bicyclic) bond motifs is 2. The van der Waals surface area contributed by atoms with Gasteiger partial charge in [0.15, 0.2) is 0 Å². The van der Waals surface area contributed by atoms with E-state index in [2.05, 4.69) is 0 Å². The van der Waals surface area contributed by atoms with Crippen molar-refractivity contribution < 1.29 is 19.4 Å². The summed E-state index contributed by atoms with van der Waals surface area (Å²) in [4.78, 5) is 30.1. The Labute approximate surface area is 199 Å². The highest BCUT2D eigenvalue weighted by Gasteiger charge is 2.46. The highest BCUT2D eigenvalue weighted by atomic mass is 16.5.